The molecule has 1 fully saturated rings. The Kier molecular flexibility index (Phi) is 7.69. The summed E-state index contributed by atoms with van der Waals surface area (Å²) < 4.78 is 0. The molecule has 0 radical (unpaired) electrons. The second kappa shape index (κ2) is 10.3. The lowest BCUT2D eigenvalue weighted by Crippen LogP contribution is -2.50. The molecular formula is C37H56S. The van der Waals surface area contributed by atoms with Crippen molar-refractivity contribution < 1.29 is 0 Å². The molecule has 0 nitrogen and oxygen atoms in total. The van der Waals surface area contributed by atoms with Crippen LogP contribution in [0.1, 0.15) is 102 Å². The van der Waals surface area contributed by atoms with Crippen LogP contribution in [0.4, 0.5) is 0 Å². The lowest BCUT2D eigenvalue weighted by atomic mass is 9.62. The average Bonchev–Trinajstić information content (AvgIpc) is 3.34. The van der Waals surface area contributed by atoms with Crippen molar-refractivity contribution in [1.29, 1.82) is 0 Å². The second-order valence-electron chi connectivity index (χ2n) is 14.7. The molecule has 1 saturated carbocycles. The van der Waals surface area contributed by atoms with Gasteiger partial charge in [-0.25, -0.2) is 10.0 Å². The maximum absolute atomic E-state index is 2.79. The van der Waals surface area contributed by atoms with Gasteiger partial charge < -0.3 is 0 Å². The molecule has 0 heterocycles. The molecule has 0 amide bonds. The highest BCUT2D eigenvalue weighted by Crippen LogP contribution is 2.74. The van der Waals surface area contributed by atoms with Crippen LogP contribution in [0.25, 0.3) is 11.1 Å². The van der Waals surface area contributed by atoms with E-state index in [4.69, 9.17) is 0 Å². The molecule has 0 N–H and O–H groups in total. The predicted molar refractivity (Wildman–Crippen MR) is 172 cm³/mol. The summed E-state index contributed by atoms with van der Waals surface area (Å²) in [5.41, 5.74) is 10.3. The first kappa shape index (κ1) is 28.3. The minimum Gasteiger partial charge on any atom is -0.236 e. The summed E-state index contributed by atoms with van der Waals surface area (Å²) in [5, 5.41) is 1.49. The van der Waals surface area contributed by atoms with Crippen LogP contribution in [0, 0.1) is 40.9 Å². The fourth-order valence-electron chi connectivity index (χ4n) is 10.1. The third-order valence-electron chi connectivity index (χ3n) is 12.6. The molecule has 210 valence electrons. The van der Waals surface area contributed by atoms with Gasteiger partial charge in [0.2, 0.25) is 0 Å². The van der Waals surface area contributed by atoms with E-state index in [0.717, 1.165) is 34.8 Å². The van der Waals surface area contributed by atoms with Crippen molar-refractivity contribution >= 4 is 10.0 Å². The van der Waals surface area contributed by atoms with Gasteiger partial charge in [-0.05, 0) is 124 Å². The molecule has 0 aliphatic heterocycles. The van der Waals surface area contributed by atoms with Crippen molar-refractivity contribution in [1.82, 2.24) is 0 Å². The molecule has 2 aromatic carbocycles. The van der Waals surface area contributed by atoms with Crippen LogP contribution in [0.5, 0.6) is 0 Å². The van der Waals surface area contributed by atoms with Gasteiger partial charge in [-0.2, -0.15) is 0 Å². The standard InChI is InChI=1S/C37H56S/c1-11-20-37(8)23(2)21-32-33(22-30-18-15-19-31(30)34(32)29-16-13-12-14-17-29)36(37)38(9,10)35-27(6)25(4)24(3)26(5)28(35)7/h12-14,16-17,22-28,35-36H,11,15,18-21H2,1-10H3. The summed E-state index contributed by atoms with van der Waals surface area (Å²) in [5.74, 6) is 4.70. The van der Waals surface area contributed by atoms with Gasteiger partial charge >= 0.3 is 0 Å². The first-order valence-corrected chi connectivity index (χ1v) is 18.5. The Morgan fingerprint density at radius 3 is 2.03 bits per heavy atom. The van der Waals surface area contributed by atoms with Gasteiger partial charge in [-0.1, -0.05) is 98.2 Å². The second-order valence-corrected chi connectivity index (χ2v) is 18.7. The van der Waals surface area contributed by atoms with Crippen LogP contribution in [-0.2, 0) is 19.3 Å². The van der Waals surface area contributed by atoms with Crippen LogP contribution in [0.3, 0.4) is 0 Å². The zero-order valence-electron chi connectivity index (χ0n) is 26.2. The summed E-state index contributed by atoms with van der Waals surface area (Å²) >= 11 is 0. The number of hydrogen-bond acceptors (Lipinski definition) is 0. The number of rotatable bonds is 5. The van der Waals surface area contributed by atoms with Gasteiger partial charge in [0.25, 0.3) is 0 Å². The fourth-order valence-corrected chi connectivity index (χ4v) is 15.7. The predicted octanol–water partition coefficient (Wildman–Crippen LogP) is 10.5. The number of benzene rings is 2. The van der Waals surface area contributed by atoms with E-state index in [-0.39, 0.29) is 0 Å². The highest BCUT2D eigenvalue weighted by atomic mass is 32.3. The maximum atomic E-state index is 2.79. The molecule has 7 atom stereocenters. The van der Waals surface area contributed by atoms with Crippen LogP contribution in [0.15, 0.2) is 36.4 Å². The summed E-state index contributed by atoms with van der Waals surface area (Å²) in [7, 11) is -0.965. The van der Waals surface area contributed by atoms with Crippen LogP contribution in [-0.4, -0.2) is 17.8 Å². The van der Waals surface area contributed by atoms with E-state index < -0.39 is 10.0 Å². The average molecular weight is 533 g/mol. The van der Waals surface area contributed by atoms with Crippen LogP contribution < -0.4 is 0 Å². The minimum absolute atomic E-state index is 0.358. The third kappa shape index (κ3) is 4.24. The summed E-state index contributed by atoms with van der Waals surface area (Å²) in [6.07, 6.45) is 13.3. The largest absolute Gasteiger partial charge is 0.236 e. The first-order chi connectivity index (χ1) is 17.9. The van der Waals surface area contributed by atoms with E-state index in [2.05, 4.69) is 104 Å². The molecule has 2 aromatic rings. The van der Waals surface area contributed by atoms with Crippen molar-refractivity contribution in [3.05, 3.63) is 58.7 Å². The lowest BCUT2D eigenvalue weighted by molar-refractivity contribution is 0.0891. The molecule has 38 heavy (non-hydrogen) atoms. The minimum atomic E-state index is -0.965. The maximum Gasteiger partial charge on any atom is 0.0197 e. The quantitative estimate of drug-likeness (QED) is 0.359. The highest BCUT2D eigenvalue weighted by Gasteiger charge is 2.55. The molecule has 1 heteroatoms. The number of hydrogen-bond donors (Lipinski definition) is 0. The van der Waals surface area contributed by atoms with Gasteiger partial charge in [0, 0.05) is 5.25 Å². The van der Waals surface area contributed by atoms with E-state index in [9.17, 15) is 0 Å². The van der Waals surface area contributed by atoms with E-state index >= 15 is 0 Å². The van der Waals surface area contributed by atoms with Crippen molar-refractivity contribution in [2.24, 2.45) is 40.9 Å². The first-order valence-electron chi connectivity index (χ1n) is 15.9. The van der Waals surface area contributed by atoms with E-state index in [1.165, 1.54) is 44.1 Å². The Balaban J connectivity index is 1.76. The number of aryl methyl sites for hydroxylation is 1. The molecule has 0 bridgehead atoms. The Bertz CT molecular complexity index is 1130. The van der Waals surface area contributed by atoms with Crippen molar-refractivity contribution in [3.8, 4) is 11.1 Å². The van der Waals surface area contributed by atoms with Crippen molar-refractivity contribution in [3.63, 3.8) is 0 Å². The van der Waals surface area contributed by atoms with Crippen LogP contribution >= 0.6 is 10.0 Å². The molecule has 3 aliphatic rings. The summed E-state index contributed by atoms with van der Waals surface area (Å²) in [4.78, 5) is 0. The van der Waals surface area contributed by atoms with Gasteiger partial charge in [0.15, 0.2) is 0 Å². The molecule has 3 aliphatic carbocycles. The highest BCUT2D eigenvalue weighted by molar-refractivity contribution is 8.33. The van der Waals surface area contributed by atoms with E-state index in [1.807, 2.05) is 0 Å². The zero-order valence-corrected chi connectivity index (χ0v) is 27.1. The summed E-state index contributed by atoms with van der Waals surface area (Å²) in [6.45, 7) is 20.7. The van der Waals surface area contributed by atoms with Gasteiger partial charge in [-0.3, -0.25) is 0 Å². The summed E-state index contributed by atoms with van der Waals surface area (Å²) in [6, 6.07) is 14.3. The Labute approximate surface area is 237 Å². The monoisotopic (exact) mass is 532 g/mol. The smallest absolute Gasteiger partial charge is 0.0197 e. The number of fused-ring (bicyclic) bond motifs is 2. The van der Waals surface area contributed by atoms with Crippen LogP contribution in [0.2, 0.25) is 0 Å². The SMILES string of the molecule is CCCC1(C)C(C)Cc2c(cc3c(c2-c2ccccc2)CCC3)C1S(C)(C)C1C(C)C(C)C(C)C(C)C1C. The molecule has 0 aromatic heterocycles. The van der Waals surface area contributed by atoms with Gasteiger partial charge in [0.1, 0.15) is 0 Å². The van der Waals surface area contributed by atoms with Crippen molar-refractivity contribution in [2.45, 2.75) is 104 Å². The molecule has 0 saturated heterocycles. The normalized spacial score (nSPS) is 37.5. The lowest BCUT2D eigenvalue weighted by Gasteiger charge is -2.63. The third-order valence-corrected chi connectivity index (χ3v) is 16.8. The van der Waals surface area contributed by atoms with Gasteiger partial charge in [-0.15, -0.1) is 0 Å². The van der Waals surface area contributed by atoms with Gasteiger partial charge in [0.05, 0.1) is 0 Å². The Hall–Kier alpha value is -1.21. The Morgan fingerprint density at radius 2 is 1.42 bits per heavy atom. The molecule has 5 rings (SSSR count). The topological polar surface area (TPSA) is 0 Å². The fraction of sp³-hybridized carbons (Fsp3) is 0.676. The van der Waals surface area contributed by atoms with E-state index in [1.54, 1.807) is 27.8 Å². The molecule has 0 spiro atoms. The van der Waals surface area contributed by atoms with E-state index in [0.29, 0.717) is 16.6 Å². The molecular weight excluding hydrogens is 476 g/mol. The molecule has 7 unspecified atom stereocenters. The zero-order chi connectivity index (χ0) is 27.6. The van der Waals surface area contributed by atoms with Crippen molar-refractivity contribution in [2.75, 3.05) is 12.5 Å². The Morgan fingerprint density at radius 1 is 0.816 bits per heavy atom.